The molecule has 0 aromatic heterocycles. The van der Waals surface area contributed by atoms with E-state index in [1.54, 1.807) is 13.2 Å². The van der Waals surface area contributed by atoms with Crippen molar-refractivity contribution in [3.63, 3.8) is 0 Å². The Labute approximate surface area is 107 Å². The second-order valence-corrected chi connectivity index (χ2v) is 3.85. The molecule has 0 fully saturated rings. The fraction of sp³-hybridized carbons (Fsp3) is 0.500. The smallest absolute Gasteiger partial charge is 0.124 e. The van der Waals surface area contributed by atoms with E-state index in [0.29, 0.717) is 38.0 Å². The Bertz CT molecular complexity index is 334. The zero-order chi connectivity index (χ0) is 12.5. The summed E-state index contributed by atoms with van der Waals surface area (Å²) < 4.78 is 15.7. The van der Waals surface area contributed by atoms with Gasteiger partial charge in [0.15, 0.2) is 0 Å². The number of hydrogen-bond donors (Lipinski definition) is 1. The van der Waals surface area contributed by atoms with Gasteiger partial charge in [-0.15, -0.1) is 0 Å². The van der Waals surface area contributed by atoms with Crippen molar-refractivity contribution in [1.29, 1.82) is 0 Å². The molecule has 1 aromatic carbocycles. The predicted molar refractivity (Wildman–Crippen MR) is 67.5 cm³/mol. The van der Waals surface area contributed by atoms with E-state index in [4.69, 9.17) is 31.5 Å². The highest BCUT2D eigenvalue weighted by Crippen LogP contribution is 2.22. The van der Waals surface area contributed by atoms with Crippen molar-refractivity contribution in [2.45, 2.75) is 6.54 Å². The summed E-state index contributed by atoms with van der Waals surface area (Å²) in [5.74, 6) is 0.757. The Balaban J connectivity index is 2.31. The molecule has 4 nitrogen and oxygen atoms in total. The first-order valence-corrected chi connectivity index (χ1v) is 5.83. The molecule has 17 heavy (non-hydrogen) atoms. The van der Waals surface area contributed by atoms with Gasteiger partial charge in [0, 0.05) is 24.2 Å². The molecule has 0 bridgehead atoms. The van der Waals surface area contributed by atoms with E-state index in [0.717, 1.165) is 11.3 Å². The Kier molecular flexibility index (Phi) is 6.96. The average Bonchev–Trinajstić information content (AvgIpc) is 2.35. The van der Waals surface area contributed by atoms with E-state index in [1.165, 1.54) is 0 Å². The van der Waals surface area contributed by atoms with Crippen molar-refractivity contribution in [3.05, 3.63) is 28.8 Å². The second-order valence-electron chi connectivity index (χ2n) is 3.41. The van der Waals surface area contributed by atoms with Gasteiger partial charge in [0.2, 0.25) is 0 Å². The normalized spacial score (nSPS) is 10.5. The largest absolute Gasteiger partial charge is 0.491 e. The van der Waals surface area contributed by atoms with Crippen molar-refractivity contribution < 1.29 is 14.2 Å². The molecule has 0 unspecified atom stereocenters. The lowest BCUT2D eigenvalue weighted by atomic mass is 10.2. The van der Waals surface area contributed by atoms with Crippen LogP contribution in [0.15, 0.2) is 18.2 Å². The van der Waals surface area contributed by atoms with Crippen molar-refractivity contribution in [3.8, 4) is 5.75 Å². The molecule has 0 saturated heterocycles. The standard InChI is InChI=1S/C12H18ClNO3/c1-15-4-5-16-6-7-17-12-3-2-11(13)8-10(12)9-14/h2-3,8H,4-7,9,14H2,1H3. The molecule has 0 aliphatic rings. The SMILES string of the molecule is COCCOCCOc1ccc(Cl)cc1CN. The number of ether oxygens (including phenoxy) is 3. The maximum Gasteiger partial charge on any atom is 0.124 e. The minimum atomic E-state index is 0.403. The first kappa shape index (κ1) is 14.3. The van der Waals surface area contributed by atoms with Crippen LogP contribution in [0, 0.1) is 0 Å². The molecule has 0 aliphatic heterocycles. The third-order valence-corrected chi connectivity index (χ3v) is 2.39. The van der Waals surface area contributed by atoms with Crippen molar-refractivity contribution >= 4 is 11.6 Å². The van der Waals surface area contributed by atoms with Gasteiger partial charge >= 0.3 is 0 Å². The quantitative estimate of drug-likeness (QED) is 0.724. The first-order chi connectivity index (χ1) is 8.27. The number of methoxy groups -OCH3 is 1. The number of hydrogen-bond acceptors (Lipinski definition) is 4. The molecular formula is C12H18ClNO3. The summed E-state index contributed by atoms with van der Waals surface area (Å²) in [4.78, 5) is 0. The number of rotatable bonds is 8. The second kappa shape index (κ2) is 8.31. The lowest BCUT2D eigenvalue weighted by Gasteiger charge is -2.10. The van der Waals surface area contributed by atoms with Crippen LogP contribution in [0.4, 0.5) is 0 Å². The molecular weight excluding hydrogens is 242 g/mol. The molecule has 0 heterocycles. The summed E-state index contributed by atoms with van der Waals surface area (Å²) in [5.41, 5.74) is 6.50. The zero-order valence-corrected chi connectivity index (χ0v) is 10.7. The van der Waals surface area contributed by atoms with Crippen LogP contribution in [0.2, 0.25) is 5.02 Å². The van der Waals surface area contributed by atoms with E-state index in [2.05, 4.69) is 0 Å². The van der Waals surface area contributed by atoms with Crippen LogP contribution in [0.25, 0.3) is 0 Å². The lowest BCUT2D eigenvalue weighted by molar-refractivity contribution is 0.0543. The van der Waals surface area contributed by atoms with Crippen LogP contribution in [-0.2, 0) is 16.0 Å². The molecule has 1 aromatic rings. The monoisotopic (exact) mass is 259 g/mol. The van der Waals surface area contributed by atoms with Crippen LogP contribution in [0.1, 0.15) is 5.56 Å². The van der Waals surface area contributed by atoms with Crippen molar-refractivity contribution in [2.75, 3.05) is 33.5 Å². The number of benzene rings is 1. The molecule has 0 radical (unpaired) electrons. The minimum Gasteiger partial charge on any atom is -0.491 e. The topological polar surface area (TPSA) is 53.7 Å². The minimum absolute atomic E-state index is 0.403. The molecule has 96 valence electrons. The number of nitrogens with two attached hydrogens (primary N) is 1. The van der Waals surface area contributed by atoms with Gasteiger partial charge < -0.3 is 19.9 Å². The van der Waals surface area contributed by atoms with Gasteiger partial charge in [-0.1, -0.05) is 11.6 Å². The molecule has 0 spiro atoms. The highest BCUT2D eigenvalue weighted by atomic mass is 35.5. The Morgan fingerprint density at radius 1 is 1.18 bits per heavy atom. The van der Waals surface area contributed by atoms with Gasteiger partial charge in [-0.2, -0.15) is 0 Å². The van der Waals surface area contributed by atoms with Crippen molar-refractivity contribution in [1.82, 2.24) is 0 Å². The first-order valence-electron chi connectivity index (χ1n) is 5.46. The van der Waals surface area contributed by atoms with Crippen LogP contribution in [0.5, 0.6) is 5.75 Å². The molecule has 0 aliphatic carbocycles. The summed E-state index contributed by atoms with van der Waals surface area (Å²) >= 11 is 5.86. The summed E-state index contributed by atoms with van der Waals surface area (Å²) in [6, 6.07) is 5.41. The zero-order valence-electron chi connectivity index (χ0n) is 9.95. The maximum absolute atomic E-state index is 5.86. The molecule has 2 N–H and O–H groups in total. The Morgan fingerprint density at radius 2 is 1.94 bits per heavy atom. The van der Waals surface area contributed by atoms with Crippen molar-refractivity contribution in [2.24, 2.45) is 5.73 Å². The van der Waals surface area contributed by atoms with E-state index in [1.807, 2.05) is 12.1 Å². The van der Waals surface area contributed by atoms with Crippen LogP contribution in [0.3, 0.4) is 0 Å². The summed E-state index contributed by atoms with van der Waals surface area (Å²) in [6.07, 6.45) is 0. The molecule has 1 rings (SSSR count). The Hall–Kier alpha value is -0.810. The summed E-state index contributed by atoms with van der Waals surface area (Å²) in [6.45, 7) is 2.58. The van der Waals surface area contributed by atoms with E-state index < -0.39 is 0 Å². The molecule has 0 amide bonds. The predicted octanol–water partition coefficient (Wildman–Crippen LogP) is 1.84. The third-order valence-electron chi connectivity index (χ3n) is 2.16. The van der Waals surface area contributed by atoms with Gasteiger partial charge in [0.25, 0.3) is 0 Å². The van der Waals surface area contributed by atoms with Gasteiger partial charge in [0.05, 0.1) is 19.8 Å². The molecule has 0 saturated carbocycles. The van der Waals surface area contributed by atoms with Crippen LogP contribution in [-0.4, -0.2) is 33.5 Å². The molecule has 5 heteroatoms. The van der Waals surface area contributed by atoms with E-state index in [-0.39, 0.29) is 0 Å². The summed E-state index contributed by atoms with van der Waals surface area (Å²) in [7, 11) is 1.64. The van der Waals surface area contributed by atoms with Crippen LogP contribution >= 0.6 is 11.6 Å². The Morgan fingerprint density at radius 3 is 2.65 bits per heavy atom. The fourth-order valence-corrected chi connectivity index (χ4v) is 1.50. The lowest BCUT2D eigenvalue weighted by Crippen LogP contribution is -2.11. The third kappa shape index (κ3) is 5.37. The van der Waals surface area contributed by atoms with Gasteiger partial charge in [-0.25, -0.2) is 0 Å². The number of halogens is 1. The van der Waals surface area contributed by atoms with Crippen LogP contribution < -0.4 is 10.5 Å². The van der Waals surface area contributed by atoms with E-state index in [9.17, 15) is 0 Å². The fourth-order valence-electron chi connectivity index (χ4n) is 1.30. The molecule has 0 atom stereocenters. The summed E-state index contributed by atoms with van der Waals surface area (Å²) in [5, 5.41) is 0.661. The maximum atomic E-state index is 5.86. The van der Waals surface area contributed by atoms with E-state index >= 15 is 0 Å². The highest BCUT2D eigenvalue weighted by Gasteiger charge is 2.02. The van der Waals surface area contributed by atoms with Gasteiger partial charge in [0.1, 0.15) is 12.4 Å². The average molecular weight is 260 g/mol. The van der Waals surface area contributed by atoms with Gasteiger partial charge in [-0.3, -0.25) is 0 Å². The highest BCUT2D eigenvalue weighted by molar-refractivity contribution is 6.30. The van der Waals surface area contributed by atoms with Gasteiger partial charge in [-0.05, 0) is 18.2 Å².